The van der Waals surface area contributed by atoms with Crippen molar-refractivity contribution in [3.05, 3.63) is 35.9 Å². The van der Waals surface area contributed by atoms with Gasteiger partial charge in [0.1, 0.15) is 0 Å². The summed E-state index contributed by atoms with van der Waals surface area (Å²) in [7, 11) is 0. The van der Waals surface area contributed by atoms with Crippen LogP contribution in [0.25, 0.3) is 0 Å². The summed E-state index contributed by atoms with van der Waals surface area (Å²) in [4.78, 5) is 0. The van der Waals surface area contributed by atoms with Crippen molar-refractivity contribution in [2.75, 3.05) is 13.2 Å². The van der Waals surface area contributed by atoms with E-state index >= 15 is 0 Å². The lowest BCUT2D eigenvalue weighted by Crippen LogP contribution is -2.41. The van der Waals surface area contributed by atoms with Gasteiger partial charge in [0.25, 0.3) is 0 Å². The van der Waals surface area contributed by atoms with Gasteiger partial charge in [0.15, 0.2) is 5.79 Å². The fraction of sp³-hybridized carbons (Fsp3) is 0.625. The van der Waals surface area contributed by atoms with Gasteiger partial charge in [-0.3, -0.25) is 0 Å². The highest BCUT2D eigenvalue weighted by atomic mass is 16.7. The van der Waals surface area contributed by atoms with Crippen LogP contribution in [-0.2, 0) is 9.47 Å². The van der Waals surface area contributed by atoms with Crippen molar-refractivity contribution in [3.63, 3.8) is 0 Å². The molecular formula is C16H22O3. The molecule has 0 aromatic heterocycles. The predicted molar refractivity (Wildman–Crippen MR) is 72.6 cm³/mol. The Morgan fingerprint density at radius 3 is 2.16 bits per heavy atom. The minimum atomic E-state index is -0.410. The van der Waals surface area contributed by atoms with Gasteiger partial charge in [-0.05, 0) is 23.8 Å². The van der Waals surface area contributed by atoms with Crippen molar-refractivity contribution in [2.24, 2.45) is 5.41 Å². The lowest BCUT2D eigenvalue weighted by atomic mass is 9.68. The maximum absolute atomic E-state index is 10.7. The average Bonchev–Trinajstić information content (AvgIpc) is 2.92. The van der Waals surface area contributed by atoms with E-state index in [1.807, 2.05) is 30.3 Å². The summed E-state index contributed by atoms with van der Waals surface area (Å²) in [6, 6.07) is 9.95. The van der Waals surface area contributed by atoms with Crippen molar-refractivity contribution in [2.45, 2.75) is 44.5 Å². The number of ether oxygens (including phenoxy) is 2. The van der Waals surface area contributed by atoms with Crippen LogP contribution in [0.2, 0.25) is 0 Å². The van der Waals surface area contributed by atoms with E-state index < -0.39 is 6.10 Å². The van der Waals surface area contributed by atoms with Crippen LogP contribution in [0.3, 0.4) is 0 Å². The van der Waals surface area contributed by atoms with Crippen LogP contribution in [0.4, 0.5) is 0 Å². The summed E-state index contributed by atoms with van der Waals surface area (Å²) in [6.07, 6.45) is 3.22. The lowest BCUT2D eigenvalue weighted by molar-refractivity contribution is -0.199. The van der Waals surface area contributed by atoms with E-state index in [9.17, 15) is 5.11 Å². The molecule has 1 aromatic rings. The highest BCUT2D eigenvalue weighted by molar-refractivity contribution is 5.19. The van der Waals surface area contributed by atoms with Gasteiger partial charge in [0.05, 0.1) is 19.3 Å². The van der Waals surface area contributed by atoms with Gasteiger partial charge < -0.3 is 14.6 Å². The van der Waals surface area contributed by atoms with Crippen molar-refractivity contribution in [1.82, 2.24) is 0 Å². The first kappa shape index (κ1) is 13.1. The first-order chi connectivity index (χ1) is 9.14. The summed E-state index contributed by atoms with van der Waals surface area (Å²) in [6.45, 7) is 3.59. The standard InChI is InChI=1S/C16H22O3/c1-15(14(17)13-5-3-2-4-6-13)7-9-16(10-8-15)18-11-12-19-16/h2-6,14,17H,7-12H2,1H3. The Balaban J connectivity index is 1.71. The largest absolute Gasteiger partial charge is 0.388 e. The molecule has 19 heavy (non-hydrogen) atoms. The molecule has 1 saturated heterocycles. The van der Waals surface area contributed by atoms with Crippen LogP contribution in [-0.4, -0.2) is 24.1 Å². The molecule has 1 atom stereocenters. The van der Waals surface area contributed by atoms with Gasteiger partial charge in [0.2, 0.25) is 0 Å². The van der Waals surface area contributed by atoms with Gasteiger partial charge in [-0.1, -0.05) is 37.3 Å². The van der Waals surface area contributed by atoms with Crippen molar-refractivity contribution in [3.8, 4) is 0 Å². The van der Waals surface area contributed by atoms with Crippen LogP contribution in [0, 0.1) is 5.41 Å². The second-order valence-electron chi connectivity index (χ2n) is 6.07. The Labute approximate surface area is 114 Å². The Morgan fingerprint density at radius 2 is 1.58 bits per heavy atom. The molecule has 1 aliphatic heterocycles. The van der Waals surface area contributed by atoms with E-state index in [4.69, 9.17) is 9.47 Å². The summed E-state index contributed by atoms with van der Waals surface area (Å²) in [5.41, 5.74) is 0.927. The fourth-order valence-corrected chi connectivity index (χ4v) is 3.30. The Kier molecular flexibility index (Phi) is 3.37. The van der Waals surface area contributed by atoms with Crippen LogP contribution < -0.4 is 0 Å². The topological polar surface area (TPSA) is 38.7 Å². The van der Waals surface area contributed by atoms with E-state index in [1.165, 1.54) is 0 Å². The molecule has 3 rings (SSSR count). The first-order valence-electron chi connectivity index (χ1n) is 7.15. The lowest BCUT2D eigenvalue weighted by Gasteiger charge is -2.44. The van der Waals surface area contributed by atoms with Gasteiger partial charge in [-0.25, -0.2) is 0 Å². The van der Waals surface area contributed by atoms with Gasteiger partial charge in [0, 0.05) is 12.8 Å². The van der Waals surface area contributed by atoms with Crippen LogP contribution in [0.1, 0.15) is 44.3 Å². The zero-order chi connectivity index (χ0) is 13.3. The zero-order valence-corrected chi connectivity index (χ0v) is 11.5. The number of aliphatic hydroxyl groups excluding tert-OH is 1. The fourth-order valence-electron chi connectivity index (χ4n) is 3.30. The van der Waals surface area contributed by atoms with E-state index in [0.717, 1.165) is 31.2 Å². The monoisotopic (exact) mass is 262 g/mol. The molecule has 1 saturated carbocycles. The van der Waals surface area contributed by atoms with E-state index in [1.54, 1.807) is 0 Å². The molecular weight excluding hydrogens is 240 g/mol. The SMILES string of the molecule is CC1(C(O)c2ccccc2)CCC2(CC1)OCCO2. The Morgan fingerprint density at radius 1 is 1.00 bits per heavy atom. The second-order valence-corrected chi connectivity index (χ2v) is 6.07. The Bertz CT molecular complexity index is 413. The third kappa shape index (κ3) is 2.42. The number of rotatable bonds is 2. The minimum Gasteiger partial charge on any atom is -0.388 e. The molecule has 1 aliphatic carbocycles. The molecule has 2 aliphatic rings. The molecule has 3 heteroatoms. The smallest absolute Gasteiger partial charge is 0.168 e. The third-order valence-electron chi connectivity index (χ3n) is 4.74. The molecule has 104 valence electrons. The number of hydrogen-bond donors (Lipinski definition) is 1. The van der Waals surface area contributed by atoms with E-state index in [0.29, 0.717) is 13.2 Å². The van der Waals surface area contributed by atoms with Crippen molar-refractivity contribution in [1.29, 1.82) is 0 Å². The number of aliphatic hydroxyl groups is 1. The quantitative estimate of drug-likeness (QED) is 0.890. The normalized spacial score (nSPS) is 26.4. The van der Waals surface area contributed by atoms with Gasteiger partial charge in [-0.15, -0.1) is 0 Å². The average molecular weight is 262 g/mol. The van der Waals surface area contributed by atoms with Crippen LogP contribution in [0.5, 0.6) is 0 Å². The molecule has 1 N–H and O–H groups in total. The van der Waals surface area contributed by atoms with Gasteiger partial charge >= 0.3 is 0 Å². The number of hydrogen-bond acceptors (Lipinski definition) is 3. The molecule has 1 aromatic carbocycles. The highest BCUT2D eigenvalue weighted by Gasteiger charge is 2.47. The minimum absolute atomic E-state index is 0.0814. The summed E-state index contributed by atoms with van der Waals surface area (Å²) in [5, 5.41) is 10.7. The van der Waals surface area contributed by atoms with Crippen LogP contribution >= 0.6 is 0 Å². The summed E-state index contributed by atoms with van der Waals surface area (Å²) >= 11 is 0. The Hall–Kier alpha value is -0.900. The van der Waals surface area contributed by atoms with Crippen molar-refractivity contribution >= 4 is 0 Å². The maximum atomic E-state index is 10.7. The summed E-state index contributed by atoms with van der Waals surface area (Å²) < 4.78 is 11.5. The van der Waals surface area contributed by atoms with Gasteiger partial charge in [-0.2, -0.15) is 0 Å². The molecule has 1 heterocycles. The highest BCUT2D eigenvalue weighted by Crippen LogP contribution is 2.50. The zero-order valence-electron chi connectivity index (χ0n) is 11.5. The summed E-state index contributed by atoms with van der Waals surface area (Å²) in [5.74, 6) is -0.351. The van der Waals surface area contributed by atoms with Crippen LogP contribution in [0.15, 0.2) is 30.3 Å². The molecule has 0 bridgehead atoms. The molecule has 2 fully saturated rings. The molecule has 1 spiro atoms. The predicted octanol–water partition coefficient (Wildman–Crippen LogP) is 3.04. The number of benzene rings is 1. The van der Waals surface area contributed by atoms with E-state index in [2.05, 4.69) is 6.92 Å². The van der Waals surface area contributed by atoms with Crippen molar-refractivity contribution < 1.29 is 14.6 Å². The van der Waals surface area contributed by atoms with E-state index in [-0.39, 0.29) is 11.2 Å². The molecule has 3 nitrogen and oxygen atoms in total. The molecule has 0 amide bonds. The molecule has 0 radical (unpaired) electrons. The maximum Gasteiger partial charge on any atom is 0.168 e. The third-order valence-corrected chi connectivity index (χ3v) is 4.74. The second kappa shape index (κ2) is 4.89. The first-order valence-corrected chi connectivity index (χ1v) is 7.15. The molecule has 1 unspecified atom stereocenters.